The molecule has 21 heavy (non-hydrogen) atoms. The van der Waals surface area contributed by atoms with Gasteiger partial charge >= 0.3 is 0 Å². The van der Waals surface area contributed by atoms with E-state index in [1.165, 1.54) is 6.07 Å². The molecule has 0 aromatic heterocycles. The molecule has 110 valence electrons. The van der Waals surface area contributed by atoms with Crippen molar-refractivity contribution in [2.24, 2.45) is 0 Å². The predicted molar refractivity (Wildman–Crippen MR) is 85.9 cm³/mol. The number of halogens is 3. The van der Waals surface area contributed by atoms with E-state index in [1.54, 1.807) is 30.3 Å². The van der Waals surface area contributed by atoms with Crippen molar-refractivity contribution in [1.82, 2.24) is 5.32 Å². The lowest BCUT2D eigenvalue weighted by atomic mass is 10.2. The van der Waals surface area contributed by atoms with Gasteiger partial charge < -0.3 is 10.6 Å². The van der Waals surface area contributed by atoms with E-state index in [0.29, 0.717) is 16.3 Å². The number of carbonyl (C=O) groups excluding carboxylic acids is 1. The first-order valence-corrected chi connectivity index (χ1v) is 7.42. The first-order valence-electron chi connectivity index (χ1n) is 6.25. The van der Waals surface area contributed by atoms with Gasteiger partial charge in [0.05, 0.1) is 17.3 Å². The average molecular weight is 372 g/mol. The molecule has 0 saturated carbocycles. The van der Waals surface area contributed by atoms with Crippen molar-refractivity contribution in [2.45, 2.75) is 6.54 Å². The van der Waals surface area contributed by atoms with Crippen LogP contribution < -0.4 is 10.6 Å². The zero-order valence-corrected chi connectivity index (χ0v) is 13.3. The Morgan fingerprint density at radius 2 is 2.00 bits per heavy atom. The minimum absolute atomic E-state index is 0.0653. The Hall–Kier alpha value is -1.59. The predicted octanol–water partition coefficient (Wildman–Crippen LogP) is 3.97. The summed E-state index contributed by atoms with van der Waals surface area (Å²) < 4.78 is 14.3. The summed E-state index contributed by atoms with van der Waals surface area (Å²) >= 11 is 9.34. The zero-order valence-electron chi connectivity index (χ0n) is 11.0. The number of rotatable bonds is 5. The molecule has 0 bridgehead atoms. The number of nitrogens with one attached hydrogen (secondary N) is 2. The summed E-state index contributed by atoms with van der Waals surface area (Å²) in [7, 11) is 0. The monoisotopic (exact) mass is 370 g/mol. The maximum atomic E-state index is 13.4. The third-order valence-electron chi connectivity index (χ3n) is 2.80. The van der Waals surface area contributed by atoms with Crippen LogP contribution in [0.3, 0.4) is 0 Å². The molecule has 2 aromatic carbocycles. The fraction of sp³-hybridized carbons (Fsp3) is 0.133. The summed E-state index contributed by atoms with van der Waals surface area (Å²) in [6, 6.07) is 11.7. The van der Waals surface area contributed by atoms with E-state index >= 15 is 0 Å². The molecule has 6 heteroatoms. The molecule has 0 saturated heterocycles. The third-order valence-corrected chi connectivity index (χ3v) is 3.61. The van der Waals surface area contributed by atoms with Crippen molar-refractivity contribution in [2.75, 3.05) is 11.9 Å². The molecular weight excluding hydrogens is 359 g/mol. The van der Waals surface area contributed by atoms with Gasteiger partial charge in [0.2, 0.25) is 5.91 Å². The highest BCUT2D eigenvalue weighted by Gasteiger charge is 2.06. The van der Waals surface area contributed by atoms with Gasteiger partial charge in [-0.05, 0) is 24.3 Å². The van der Waals surface area contributed by atoms with Gasteiger partial charge in [0.25, 0.3) is 0 Å². The molecule has 0 aliphatic carbocycles. The number of anilines is 1. The number of hydrogen-bond acceptors (Lipinski definition) is 2. The molecule has 2 N–H and O–H groups in total. The summed E-state index contributed by atoms with van der Waals surface area (Å²) in [4.78, 5) is 11.7. The number of carbonyl (C=O) groups is 1. The topological polar surface area (TPSA) is 41.1 Å². The van der Waals surface area contributed by atoms with Crippen LogP contribution in [0.15, 0.2) is 46.9 Å². The molecule has 1 amide bonds. The van der Waals surface area contributed by atoms with Crippen LogP contribution >= 0.6 is 27.5 Å². The minimum atomic E-state index is -0.332. The molecule has 2 aromatic rings. The second-order valence-corrected chi connectivity index (χ2v) is 5.67. The van der Waals surface area contributed by atoms with Crippen LogP contribution in [0.5, 0.6) is 0 Å². The Bertz CT molecular complexity index is 651. The van der Waals surface area contributed by atoms with Gasteiger partial charge in [-0.3, -0.25) is 4.79 Å². The van der Waals surface area contributed by atoms with Gasteiger partial charge in [0, 0.05) is 16.6 Å². The first-order chi connectivity index (χ1) is 10.1. The van der Waals surface area contributed by atoms with Gasteiger partial charge in [-0.25, -0.2) is 4.39 Å². The summed E-state index contributed by atoms with van der Waals surface area (Å²) in [5, 5.41) is 6.10. The second kappa shape index (κ2) is 7.43. The van der Waals surface area contributed by atoms with Gasteiger partial charge in [-0.1, -0.05) is 45.7 Å². The highest BCUT2D eigenvalue weighted by Crippen LogP contribution is 2.25. The van der Waals surface area contributed by atoms with E-state index in [2.05, 4.69) is 26.6 Å². The normalized spacial score (nSPS) is 10.2. The lowest BCUT2D eigenvalue weighted by molar-refractivity contribution is -0.119. The molecule has 0 spiro atoms. The lowest BCUT2D eigenvalue weighted by Gasteiger charge is -2.10. The second-order valence-electron chi connectivity index (χ2n) is 4.35. The van der Waals surface area contributed by atoms with Crippen LogP contribution in [-0.2, 0) is 11.3 Å². The van der Waals surface area contributed by atoms with Crippen molar-refractivity contribution in [3.8, 4) is 0 Å². The smallest absolute Gasteiger partial charge is 0.239 e. The van der Waals surface area contributed by atoms with Crippen molar-refractivity contribution in [3.63, 3.8) is 0 Å². The van der Waals surface area contributed by atoms with Crippen LogP contribution in [0.2, 0.25) is 5.02 Å². The Kier molecular flexibility index (Phi) is 5.59. The first kappa shape index (κ1) is 15.8. The summed E-state index contributed by atoms with van der Waals surface area (Å²) in [5.74, 6) is -0.570. The summed E-state index contributed by atoms with van der Waals surface area (Å²) in [5.41, 5.74) is 1.12. The number of amides is 1. The molecule has 3 nitrogen and oxygen atoms in total. The minimum Gasteiger partial charge on any atom is -0.375 e. The van der Waals surface area contributed by atoms with Crippen molar-refractivity contribution >= 4 is 39.1 Å². The van der Waals surface area contributed by atoms with E-state index in [1.807, 2.05) is 6.07 Å². The molecule has 0 unspecified atom stereocenters. The molecule has 0 aliphatic rings. The van der Waals surface area contributed by atoms with Crippen LogP contribution in [0.25, 0.3) is 0 Å². The summed E-state index contributed by atoms with van der Waals surface area (Å²) in [6.07, 6.45) is 0. The molecular formula is C15H13BrClFN2O. The molecule has 0 fully saturated rings. The zero-order chi connectivity index (χ0) is 15.2. The summed E-state index contributed by atoms with van der Waals surface area (Å²) in [6.45, 7) is 0.219. The number of hydrogen-bond donors (Lipinski definition) is 2. The average Bonchev–Trinajstić information content (AvgIpc) is 2.45. The highest BCUT2D eigenvalue weighted by atomic mass is 79.9. The molecule has 0 heterocycles. The Balaban J connectivity index is 1.84. The quantitative estimate of drug-likeness (QED) is 0.835. The van der Waals surface area contributed by atoms with Gasteiger partial charge in [-0.15, -0.1) is 0 Å². The van der Waals surface area contributed by atoms with Crippen LogP contribution in [0, 0.1) is 5.82 Å². The largest absolute Gasteiger partial charge is 0.375 e. The van der Waals surface area contributed by atoms with Gasteiger partial charge in [-0.2, -0.15) is 0 Å². The Morgan fingerprint density at radius 3 is 2.71 bits per heavy atom. The van der Waals surface area contributed by atoms with E-state index in [0.717, 1.165) is 4.47 Å². The number of benzene rings is 2. The fourth-order valence-corrected chi connectivity index (χ4v) is 2.45. The molecule has 0 radical (unpaired) electrons. The Morgan fingerprint density at radius 1 is 1.24 bits per heavy atom. The van der Waals surface area contributed by atoms with Crippen molar-refractivity contribution in [1.29, 1.82) is 0 Å². The lowest BCUT2D eigenvalue weighted by Crippen LogP contribution is -2.29. The Labute approximate surface area is 135 Å². The van der Waals surface area contributed by atoms with E-state index in [-0.39, 0.29) is 24.8 Å². The van der Waals surface area contributed by atoms with Crippen LogP contribution in [0.1, 0.15) is 5.56 Å². The third kappa shape index (κ3) is 4.72. The van der Waals surface area contributed by atoms with E-state index < -0.39 is 0 Å². The van der Waals surface area contributed by atoms with Crippen LogP contribution in [0.4, 0.5) is 10.1 Å². The van der Waals surface area contributed by atoms with E-state index in [9.17, 15) is 9.18 Å². The fourth-order valence-electron chi connectivity index (χ4n) is 1.71. The molecule has 0 aliphatic heterocycles. The molecule has 0 atom stereocenters. The maximum Gasteiger partial charge on any atom is 0.239 e. The highest BCUT2D eigenvalue weighted by molar-refractivity contribution is 9.10. The van der Waals surface area contributed by atoms with Crippen molar-refractivity contribution in [3.05, 3.63) is 63.3 Å². The van der Waals surface area contributed by atoms with Gasteiger partial charge in [0.1, 0.15) is 5.82 Å². The van der Waals surface area contributed by atoms with Crippen molar-refractivity contribution < 1.29 is 9.18 Å². The maximum absolute atomic E-state index is 13.4. The van der Waals surface area contributed by atoms with Crippen LogP contribution in [-0.4, -0.2) is 12.5 Å². The standard InChI is InChI=1S/C15H13BrClFN2O/c16-11-5-6-14(12(17)7-11)19-9-15(21)20-8-10-3-1-2-4-13(10)18/h1-7,19H,8-9H2,(H,20,21). The molecule has 2 rings (SSSR count). The SMILES string of the molecule is O=C(CNc1ccc(Br)cc1Cl)NCc1ccccc1F. The van der Waals surface area contributed by atoms with Gasteiger partial charge in [0.15, 0.2) is 0 Å². The van der Waals surface area contributed by atoms with E-state index in [4.69, 9.17) is 11.6 Å².